The van der Waals surface area contributed by atoms with E-state index in [1.807, 2.05) is 45.0 Å². The number of carbonyl (C=O) groups excluding carboxylic acids is 1. The Morgan fingerprint density at radius 1 is 1.07 bits per heavy atom. The third kappa shape index (κ3) is 4.42. The van der Waals surface area contributed by atoms with Crippen LogP contribution >= 0.6 is 0 Å². The average Bonchev–Trinajstić information content (AvgIpc) is 2.72. The summed E-state index contributed by atoms with van der Waals surface area (Å²) in [5, 5.41) is 2.88. The summed E-state index contributed by atoms with van der Waals surface area (Å²) in [4.78, 5) is 12.8. The Kier molecular flexibility index (Phi) is 5.15. The number of hydrogen-bond donors (Lipinski definition) is 1. The van der Waals surface area contributed by atoms with Crippen molar-refractivity contribution in [3.05, 3.63) is 53.1 Å². The molecule has 0 saturated heterocycles. The van der Waals surface area contributed by atoms with Gasteiger partial charge in [0.25, 0.3) is 5.91 Å². The first-order valence-electron chi connectivity index (χ1n) is 8.77. The van der Waals surface area contributed by atoms with Gasteiger partial charge in [0.15, 0.2) is 6.10 Å². The Labute approximate surface area is 160 Å². The number of benzene rings is 2. The maximum atomic E-state index is 12.8. The Morgan fingerprint density at radius 2 is 1.74 bits per heavy atom. The van der Waals surface area contributed by atoms with Gasteiger partial charge in [-0.15, -0.1) is 0 Å². The molecule has 1 amide bonds. The zero-order chi connectivity index (χ0) is 19.8. The molecule has 0 saturated carbocycles. The summed E-state index contributed by atoms with van der Waals surface area (Å²) in [6, 6.07) is 11.1. The number of nitrogens with one attached hydrogen (secondary N) is 1. The topological polar surface area (TPSA) is 75.7 Å². The molecule has 1 aliphatic heterocycles. The molecule has 0 unspecified atom stereocenters. The summed E-state index contributed by atoms with van der Waals surface area (Å²) in [7, 11) is -3.48. The van der Waals surface area contributed by atoms with Gasteiger partial charge >= 0.3 is 0 Å². The van der Waals surface area contributed by atoms with Gasteiger partial charge in [-0.25, -0.2) is 8.42 Å². The molecule has 2 aromatic rings. The fraction of sp³-hybridized carbons (Fsp3) is 0.350. The standard InChI is InChI=1S/C20H24N2O4S/c1-13-5-6-18-17(12-13)22(27(4,24)25)8-7-19(26-18)20(23)21-16-10-14(2)9-15(3)11-16/h5-6,9-12,19H,7-8H2,1-4H3,(H,21,23)/t19-/m0/s1. The quantitative estimate of drug-likeness (QED) is 0.876. The van der Waals surface area contributed by atoms with Crippen LogP contribution in [0.2, 0.25) is 0 Å². The van der Waals surface area contributed by atoms with Crippen LogP contribution in [0.5, 0.6) is 5.75 Å². The van der Waals surface area contributed by atoms with E-state index in [9.17, 15) is 13.2 Å². The van der Waals surface area contributed by atoms with Crippen molar-refractivity contribution in [3.8, 4) is 5.75 Å². The molecule has 7 heteroatoms. The average molecular weight is 388 g/mol. The molecule has 6 nitrogen and oxygen atoms in total. The summed E-state index contributed by atoms with van der Waals surface area (Å²) >= 11 is 0. The predicted molar refractivity (Wildman–Crippen MR) is 107 cm³/mol. The smallest absolute Gasteiger partial charge is 0.265 e. The van der Waals surface area contributed by atoms with Gasteiger partial charge in [-0.05, 0) is 61.7 Å². The van der Waals surface area contributed by atoms with Gasteiger partial charge in [-0.2, -0.15) is 0 Å². The number of ether oxygens (including phenoxy) is 1. The molecule has 27 heavy (non-hydrogen) atoms. The minimum absolute atomic E-state index is 0.181. The van der Waals surface area contributed by atoms with Crippen molar-refractivity contribution in [1.29, 1.82) is 0 Å². The van der Waals surface area contributed by atoms with E-state index in [-0.39, 0.29) is 18.9 Å². The van der Waals surface area contributed by atoms with Crippen LogP contribution < -0.4 is 14.4 Å². The normalized spacial score (nSPS) is 16.9. The molecule has 0 spiro atoms. The molecule has 1 aliphatic rings. The summed E-state index contributed by atoms with van der Waals surface area (Å²) in [6.07, 6.45) is 0.644. The van der Waals surface area contributed by atoms with E-state index in [2.05, 4.69) is 5.32 Å². The van der Waals surface area contributed by atoms with Gasteiger partial charge < -0.3 is 10.1 Å². The number of sulfonamides is 1. The number of aryl methyl sites for hydroxylation is 3. The lowest BCUT2D eigenvalue weighted by Gasteiger charge is -2.21. The molecule has 144 valence electrons. The Morgan fingerprint density at radius 3 is 2.37 bits per heavy atom. The largest absolute Gasteiger partial charge is 0.478 e. The van der Waals surface area contributed by atoms with E-state index in [1.54, 1.807) is 12.1 Å². The molecule has 1 atom stereocenters. The Hall–Kier alpha value is -2.54. The van der Waals surface area contributed by atoms with Crippen LogP contribution in [-0.4, -0.2) is 33.2 Å². The third-order valence-corrected chi connectivity index (χ3v) is 5.61. The van der Waals surface area contributed by atoms with E-state index < -0.39 is 16.1 Å². The molecular formula is C20H24N2O4S. The number of anilines is 2. The molecule has 0 aromatic heterocycles. The van der Waals surface area contributed by atoms with E-state index in [0.29, 0.717) is 17.1 Å². The highest BCUT2D eigenvalue weighted by atomic mass is 32.2. The third-order valence-electron chi connectivity index (χ3n) is 4.43. The van der Waals surface area contributed by atoms with Gasteiger partial charge in [0.05, 0.1) is 11.9 Å². The van der Waals surface area contributed by atoms with Gasteiger partial charge in [0.1, 0.15) is 5.75 Å². The number of hydrogen-bond acceptors (Lipinski definition) is 4. The van der Waals surface area contributed by atoms with Crippen LogP contribution in [0.3, 0.4) is 0 Å². The van der Waals surface area contributed by atoms with Crippen molar-refractivity contribution >= 4 is 27.3 Å². The molecule has 0 radical (unpaired) electrons. The van der Waals surface area contributed by atoms with E-state index in [0.717, 1.165) is 22.9 Å². The van der Waals surface area contributed by atoms with E-state index in [4.69, 9.17) is 4.74 Å². The number of fused-ring (bicyclic) bond motifs is 1. The second kappa shape index (κ2) is 7.23. The molecule has 0 bridgehead atoms. The maximum Gasteiger partial charge on any atom is 0.265 e. The summed E-state index contributed by atoms with van der Waals surface area (Å²) < 4.78 is 31.7. The molecule has 1 heterocycles. The molecule has 3 rings (SSSR count). The van der Waals surface area contributed by atoms with Crippen molar-refractivity contribution in [1.82, 2.24) is 0 Å². The highest BCUT2D eigenvalue weighted by Gasteiger charge is 2.31. The van der Waals surface area contributed by atoms with Crippen LogP contribution in [-0.2, 0) is 14.8 Å². The zero-order valence-electron chi connectivity index (χ0n) is 15.9. The van der Waals surface area contributed by atoms with Crippen LogP contribution in [0.4, 0.5) is 11.4 Å². The van der Waals surface area contributed by atoms with Crippen LogP contribution in [0.15, 0.2) is 36.4 Å². The molecule has 2 aromatic carbocycles. The number of amides is 1. The van der Waals surface area contributed by atoms with Crippen molar-refractivity contribution in [3.63, 3.8) is 0 Å². The predicted octanol–water partition coefficient (Wildman–Crippen LogP) is 3.17. The van der Waals surface area contributed by atoms with Crippen LogP contribution in [0.1, 0.15) is 23.1 Å². The second-order valence-electron chi connectivity index (χ2n) is 7.07. The fourth-order valence-corrected chi connectivity index (χ4v) is 4.22. The monoisotopic (exact) mass is 388 g/mol. The fourth-order valence-electron chi connectivity index (χ4n) is 3.29. The SMILES string of the molecule is Cc1cc(C)cc(NC(=O)[C@@H]2CCN(S(C)(=O)=O)c3cc(C)ccc3O2)c1. The van der Waals surface area contributed by atoms with Gasteiger partial charge in [-0.3, -0.25) is 9.10 Å². The Bertz CT molecular complexity index is 965. The molecule has 0 aliphatic carbocycles. The first-order valence-corrected chi connectivity index (χ1v) is 10.6. The lowest BCUT2D eigenvalue weighted by molar-refractivity contribution is -0.122. The van der Waals surface area contributed by atoms with Gasteiger partial charge in [-0.1, -0.05) is 12.1 Å². The molecular weight excluding hydrogens is 364 g/mol. The lowest BCUT2D eigenvalue weighted by Crippen LogP contribution is -2.36. The number of carbonyl (C=O) groups is 1. The first kappa shape index (κ1) is 19.2. The Balaban J connectivity index is 1.88. The molecule has 0 fully saturated rings. The zero-order valence-corrected chi connectivity index (χ0v) is 16.8. The first-order chi connectivity index (χ1) is 12.6. The summed E-state index contributed by atoms with van der Waals surface area (Å²) in [6.45, 7) is 6.00. The second-order valence-corrected chi connectivity index (χ2v) is 8.97. The highest BCUT2D eigenvalue weighted by molar-refractivity contribution is 7.92. The maximum absolute atomic E-state index is 12.8. The van der Waals surface area contributed by atoms with E-state index >= 15 is 0 Å². The van der Waals surface area contributed by atoms with Crippen molar-refractivity contribution < 1.29 is 17.9 Å². The lowest BCUT2D eigenvalue weighted by atomic mass is 10.1. The van der Waals surface area contributed by atoms with Crippen molar-refractivity contribution in [2.75, 3.05) is 22.4 Å². The van der Waals surface area contributed by atoms with Crippen molar-refractivity contribution in [2.24, 2.45) is 0 Å². The van der Waals surface area contributed by atoms with Gasteiger partial charge in [0, 0.05) is 18.7 Å². The van der Waals surface area contributed by atoms with E-state index in [1.165, 1.54) is 4.31 Å². The van der Waals surface area contributed by atoms with Gasteiger partial charge in [0.2, 0.25) is 10.0 Å². The molecule has 1 N–H and O–H groups in total. The van der Waals surface area contributed by atoms with Crippen molar-refractivity contribution in [2.45, 2.75) is 33.3 Å². The van der Waals surface area contributed by atoms with Crippen LogP contribution in [0.25, 0.3) is 0 Å². The minimum atomic E-state index is -3.48. The summed E-state index contributed by atoms with van der Waals surface area (Å²) in [5.74, 6) is 0.103. The van der Waals surface area contributed by atoms with Crippen LogP contribution in [0, 0.1) is 20.8 Å². The number of nitrogens with zero attached hydrogens (tertiary/aromatic N) is 1. The number of rotatable bonds is 3. The summed E-state index contributed by atoms with van der Waals surface area (Å²) in [5.41, 5.74) is 4.20. The highest BCUT2D eigenvalue weighted by Crippen LogP contribution is 2.35. The minimum Gasteiger partial charge on any atom is -0.478 e.